The number of H-pyrrole nitrogens is 1. The van der Waals surface area contributed by atoms with E-state index in [4.69, 9.17) is 0 Å². The molecule has 5 heteroatoms. The summed E-state index contributed by atoms with van der Waals surface area (Å²) in [5.41, 5.74) is 1.50. The van der Waals surface area contributed by atoms with Crippen LogP contribution >= 0.6 is 11.8 Å². The molecule has 0 spiro atoms. The highest BCUT2D eigenvalue weighted by molar-refractivity contribution is 7.98. The summed E-state index contributed by atoms with van der Waals surface area (Å²) in [5, 5.41) is 6.67. The molecule has 1 amide bonds. The van der Waals surface area contributed by atoms with Gasteiger partial charge in [-0.2, -0.15) is 16.9 Å². The highest BCUT2D eigenvalue weighted by Crippen LogP contribution is 2.13. The average Bonchev–Trinajstić information content (AvgIpc) is 2.70. The Morgan fingerprint density at radius 3 is 2.81 bits per heavy atom. The molecule has 0 aromatic carbocycles. The second-order valence-electron chi connectivity index (χ2n) is 3.84. The van der Waals surface area contributed by atoms with Gasteiger partial charge in [-0.3, -0.25) is 9.89 Å². The molecule has 1 unspecified atom stereocenters. The lowest BCUT2D eigenvalue weighted by atomic mass is 10.2. The van der Waals surface area contributed by atoms with Crippen LogP contribution in [-0.4, -0.2) is 46.1 Å². The van der Waals surface area contributed by atoms with E-state index in [1.54, 1.807) is 18.0 Å². The van der Waals surface area contributed by atoms with Gasteiger partial charge >= 0.3 is 0 Å². The molecule has 0 saturated carbocycles. The zero-order chi connectivity index (χ0) is 12.1. The normalized spacial score (nSPS) is 12.5. The summed E-state index contributed by atoms with van der Waals surface area (Å²) in [5.74, 6) is 1.02. The van der Waals surface area contributed by atoms with Crippen molar-refractivity contribution in [1.82, 2.24) is 15.1 Å². The first-order valence-electron chi connectivity index (χ1n) is 5.37. The first-order valence-corrected chi connectivity index (χ1v) is 6.77. The van der Waals surface area contributed by atoms with E-state index in [0.29, 0.717) is 5.56 Å². The van der Waals surface area contributed by atoms with Gasteiger partial charge in [0.1, 0.15) is 0 Å². The fraction of sp³-hybridized carbons (Fsp3) is 0.636. The molecule has 1 rings (SSSR count). The molecule has 16 heavy (non-hydrogen) atoms. The Kier molecular flexibility index (Phi) is 4.86. The van der Waals surface area contributed by atoms with Crippen molar-refractivity contribution >= 4 is 17.7 Å². The number of hydrogen-bond acceptors (Lipinski definition) is 3. The second-order valence-corrected chi connectivity index (χ2v) is 4.75. The third-order valence-corrected chi connectivity index (χ3v) is 3.48. The van der Waals surface area contributed by atoms with Crippen LogP contribution in [-0.2, 0) is 0 Å². The van der Waals surface area contributed by atoms with Crippen molar-refractivity contribution in [1.29, 1.82) is 0 Å². The van der Waals surface area contributed by atoms with Crippen molar-refractivity contribution in [3.63, 3.8) is 0 Å². The quantitative estimate of drug-likeness (QED) is 0.857. The summed E-state index contributed by atoms with van der Waals surface area (Å²) in [6.45, 7) is 3.97. The van der Waals surface area contributed by atoms with Crippen molar-refractivity contribution in [2.45, 2.75) is 26.3 Å². The summed E-state index contributed by atoms with van der Waals surface area (Å²) >= 11 is 1.76. The van der Waals surface area contributed by atoms with E-state index in [-0.39, 0.29) is 11.9 Å². The van der Waals surface area contributed by atoms with Crippen LogP contribution in [0.1, 0.15) is 29.4 Å². The summed E-state index contributed by atoms with van der Waals surface area (Å²) in [7, 11) is 1.86. The number of nitrogens with one attached hydrogen (secondary N) is 1. The molecule has 0 aliphatic rings. The lowest BCUT2D eigenvalue weighted by molar-refractivity contribution is 0.0743. The molecule has 1 heterocycles. The molecule has 0 aliphatic heterocycles. The molecule has 1 atom stereocenters. The monoisotopic (exact) mass is 241 g/mol. The Hall–Kier alpha value is -0.970. The minimum Gasteiger partial charge on any atom is -0.338 e. The van der Waals surface area contributed by atoms with Gasteiger partial charge in [-0.05, 0) is 19.6 Å². The number of rotatable bonds is 5. The molecule has 90 valence electrons. The smallest absolute Gasteiger partial charge is 0.257 e. The molecular weight excluding hydrogens is 222 g/mol. The van der Waals surface area contributed by atoms with E-state index in [2.05, 4.69) is 23.4 Å². The predicted molar refractivity (Wildman–Crippen MR) is 67.9 cm³/mol. The minimum atomic E-state index is 0.0483. The SMILES string of the molecule is CCC(CSC)N(C)C(=O)c1cn[nH]c1C. The van der Waals surface area contributed by atoms with Gasteiger partial charge in [-0.1, -0.05) is 6.92 Å². The van der Waals surface area contributed by atoms with Crippen LogP contribution in [0, 0.1) is 6.92 Å². The van der Waals surface area contributed by atoms with Gasteiger partial charge < -0.3 is 4.90 Å². The molecular formula is C11H19N3OS. The third-order valence-electron chi connectivity index (χ3n) is 2.76. The van der Waals surface area contributed by atoms with E-state index in [0.717, 1.165) is 17.9 Å². The Morgan fingerprint density at radius 1 is 1.69 bits per heavy atom. The van der Waals surface area contributed by atoms with Gasteiger partial charge in [0.2, 0.25) is 0 Å². The van der Waals surface area contributed by atoms with Crippen molar-refractivity contribution < 1.29 is 4.79 Å². The van der Waals surface area contributed by atoms with Crippen LogP contribution in [0.5, 0.6) is 0 Å². The van der Waals surface area contributed by atoms with Crippen LogP contribution in [0.4, 0.5) is 0 Å². The molecule has 4 nitrogen and oxygen atoms in total. The first-order chi connectivity index (χ1) is 7.61. The number of thioether (sulfide) groups is 1. The van der Waals surface area contributed by atoms with Gasteiger partial charge in [0.25, 0.3) is 5.91 Å². The number of aromatic amines is 1. The molecule has 0 fully saturated rings. The first kappa shape index (κ1) is 13.1. The number of aryl methyl sites for hydroxylation is 1. The van der Waals surface area contributed by atoms with Gasteiger partial charge in [-0.15, -0.1) is 0 Å². The summed E-state index contributed by atoms with van der Waals surface area (Å²) in [6.07, 6.45) is 4.63. The fourth-order valence-corrected chi connectivity index (χ4v) is 2.46. The molecule has 0 radical (unpaired) electrons. The van der Waals surface area contributed by atoms with E-state index in [9.17, 15) is 4.79 Å². The zero-order valence-corrected chi connectivity index (χ0v) is 11.1. The standard InChI is InChI=1S/C11H19N3OS/c1-5-9(7-16-4)14(3)11(15)10-6-12-13-8(10)2/h6,9H,5,7H2,1-4H3,(H,12,13). The number of nitrogens with zero attached hydrogens (tertiary/aromatic N) is 2. The number of carbonyl (C=O) groups is 1. The molecule has 1 aromatic rings. The van der Waals surface area contributed by atoms with Crippen molar-refractivity contribution in [2.75, 3.05) is 19.1 Å². The number of carbonyl (C=O) groups excluding carboxylic acids is 1. The summed E-state index contributed by atoms with van der Waals surface area (Å²) in [4.78, 5) is 14.0. The lowest BCUT2D eigenvalue weighted by Crippen LogP contribution is -2.38. The van der Waals surface area contributed by atoms with Crippen LogP contribution in [0.25, 0.3) is 0 Å². The van der Waals surface area contributed by atoms with Gasteiger partial charge in [0.15, 0.2) is 0 Å². The molecule has 1 aromatic heterocycles. The largest absolute Gasteiger partial charge is 0.338 e. The van der Waals surface area contributed by atoms with Crippen LogP contribution in [0.3, 0.4) is 0 Å². The number of aromatic nitrogens is 2. The number of amides is 1. The third kappa shape index (κ3) is 2.78. The summed E-state index contributed by atoms with van der Waals surface area (Å²) < 4.78 is 0. The summed E-state index contributed by atoms with van der Waals surface area (Å²) in [6, 6.07) is 0.289. The van der Waals surface area contributed by atoms with Crippen LogP contribution in [0.2, 0.25) is 0 Å². The van der Waals surface area contributed by atoms with E-state index < -0.39 is 0 Å². The van der Waals surface area contributed by atoms with E-state index in [1.165, 1.54) is 0 Å². The molecule has 0 aliphatic carbocycles. The maximum atomic E-state index is 12.2. The van der Waals surface area contributed by atoms with Crippen LogP contribution < -0.4 is 0 Å². The highest BCUT2D eigenvalue weighted by Gasteiger charge is 2.21. The van der Waals surface area contributed by atoms with E-state index in [1.807, 2.05) is 18.9 Å². The van der Waals surface area contributed by atoms with Gasteiger partial charge in [-0.25, -0.2) is 0 Å². The topological polar surface area (TPSA) is 49.0 Å². The van der Waals surface area contributed by atoms with Gasteiger partial charge in [0.05, 0.1) is 11.8 Å². The zero-order valence-electron chi connectivity index (χ0n) is 10.3. The second kappa shape index (κ2) is 5.94. The maximum absolute atomic E-state index is 12.2. The lowest BCUT2D eigenvalue weighted by Gasteiger charge is -2.26. The average molecular weight is 241 g/mol. The van der Waals surface area contributed by atoms with Gasteiger partial charge in [0, 0.05) is 24.5 Å². The van der Waals surface area contributed by atoms with E-state index >= 15 is 0 Å². The van der Waals surface area contributed by atoms with Crippen molar-refractivity contribution in [2.24, 2.45) is 0 Å². The minimum absolute atomic E-state index is 0.0483. The number of hydrogen-bond donors (Lipinski definition) is 1. The Labute approximate surface area is 101 Å². The molecule has 1 N–H and O–H groups in total. The highest BCUT2D eigenvalue weighted by atomic mass is 32.2. The Morgan fingerprint density at radius 2 is 2.38 bits per heavy atom. The Balaban J connectivity index is 2.77. The molecule has 0 bridgehead atoms. The van der Waals surface area contributed by atoms with Crippen molar-refractivity contribution in [3.05, 3.63) is 17.5 Å². The van der Waals surface area contributed by atoms with Crippen LogP contribution in [0.15, 0.2) is 6.20 Å². The Bertz CT molecular complexity index is 351. The molecule has 0 saturated heterocycles. The predicted octanol–water partition coefficient (Wildman–Crippen LogP) is 1.93. The maximum Gasteiger partial charge on any atom is 0.257 e. The fourth-order valence-electron chi connectivity index (χ4n) is 1.62. The van der Waals surface area contributed by atoms with Crippen molar-refractivity contribution in [3.8, 4) is 0 Å².